The Hall–Kier alpha value is -2.06. The molecular formula is C10H2F10N2. The van der Waals surface area contributed by atoms with E-state index in [1.807, 2.05) is 0 Å². The van der Waals surface area contributed by atoms with Gasteiger partial charge in [0.2, 0.25) is 0 Å². The third-order valence-corrected chi connectivity index (χ3v) is 2.36. The molecule has 0 atom stereocenters. The summed E-state index contributed by atoms with van der Waals surface area (Å²) in [6.45, 7) is 0. The third-order valence-electron chi connectivity index (χ3n) is 2.36. The number of alkyl halides is 10. The number of hydrogen-bond acceptors (Lipinski definition) is 2. The van der Waals surface area contributed by atoms with Crippen molar-refractivity contribution in [3.05, 3.63) is 29.1 Å². The molecule has 1 aromatic heterocycles. The standard InChI is InChI=1S/C10H2F10N2/c11-7(12,9(15,16)17)5-1-4(2-21)3-22-6(5)8(13,14)10(18,19)20/h1,3H. The van der Waals surface area contributed by atoms with E-state index in [4.69, 9.17) is 5.26 Å². The van der Waals surface area contributed by atoms with Gasteiger partial charge in [-0.15, -0.1) is 0 Å². The highest BCUT2D eigenvalue weighted by Gasteiger charge is 2.66. The van der Waals surface area contributed by atoms with Crippen molar-refractivity contribution in [3.63, 3.8) is 0 Å². The molecule has 0 spiro atoms. The molecule has 0 saturated carbocycles. The maximum Gasteiger partial charge on any atom is 0.459 e. The Morgan fingerprint density at radius 1 is 0.818 bits per heavy atom. The molecule has 1 heterocycles. The van der Waals surface area contributed by atoms with Gasteiger partial charge in [0.05, 0.1) is 11.1 Å². The minimum atomic E-state index is -6.46. The number of pyridine rings is 1. The summed E-state index contributed by atoms with van der Waals surface area (Å²) in [5.74, 6) is -12.1. The minimum absolute atomic E-state index is 0.0327. The number of aromatic nitrogens is 1. The fourth-order valence-corrected chi connectivity index (χ4v) is 1.30. The van der Waals surface area contributed by atoms with E-state index in [0.717, 1.165) is 6.07 Å². The monoisotopic (exact) mass is 340 g/mol. The van der Waals surface area contributed by atoms with Crippen LogP contribution < -0.4 is 0 Å². The minimum Gasteiger partial charge on any atom is -0.253 e. The lowest BCUT2D eigenvalue weighted by Gasteiger charge is -2.26. The third kappa shape index (κ3) is 2.79. The van der Waals surface area contributed by atoms with Gasteiger partial charge in [-0.2, -0.15) is 49.2 Å². The molecule has 0 saturated heterocycles. The molecule has 22 heavy (non-hydrogen) atoms. The lowest BCUT2D eigenvalue weighted by Crippen LogP contribution is -2.41. The molecule has 0 unspecified atom stereocenters. The fraction of sp³-hybridized carbons (Fsp3) is 0.400. The van der Waals surface area contributed by atoms with Crippen LogP contribution in [0.15, 0.2) is 12.3 Å². The highest BCUT2D eigenvalue weighted by Crippen LogP contribution is 2.51. The first kappa shape index (κ1) is 18.0. The van der Waals surface area contributed by atoms with Crippen molar-refractivity contribution in [1.29, 1.82) is 5.26 Å². The first-order chi connectivity index (χ1) is 9.66. The van der Waals surface area contributed by atoms with Crippen molar-refractivity contribution in [2.24, 2.45) is 0 Å². The van der Waals surface area contributed by atoms with Crippen LogP contribution in [0.25, 0.3) is 0 Å². The molecule has 0 aromatic carbocycles. The molecule has 1 aromatic rings. The molecule has 2 nitrogen and oxygen atoms in total. The predicted octanol–water partition coefficient (Wildman–Crippen LogP) is 4.26. The summed E-state index contributed by atoms with van der Waals surface area (Å²) in [5.41, 5.74) is -6.59. The van der Waals surface area contributed by atoms with Crippen molar-refractivity contribution in [2.75, 3.05) is 0 Å². The highest BCUT2D eigenvalue weighted by atomic mass is 19.4. The maximum atomic E-state index is 13.2. The predicted molar refractivity (Wildman–Crippen MR) is 48.8 cm³/mol. The van der Waals surface area contributed by atoms with E-state index in [2.05, 4.69) is 4.98 Å². The van der Waals surface area contributed by atoms with Gasteiger partial charge in [0.1, 0.15) is 11.8 Å². The average molecular weight is 340 g/mol. The molecule has 0 N–H and O–H groups in total. The van der Waals surface area contributed by atoms with Gasteiger partial charge in [0, 0.05) is 6.20 Å². The molecular weight excluding hydrogens is 338 g/mol. The summed E-state index contributed by atoms with van der Waals surface area (Å²) in [6, 6.07) is 0.612. The molecule has 0 bridgehead atoms. The Bertz CT molecular complexity index is 608. The van der Waals surface area contributed by atoms with Crippen LogP contribution in [0.4, 0.5) is 43.9 Å². The van der Waals surface area contributed by atoms with Gasteiger partial charge in [-0.1, -0.05) is 0 Å². The molecule has 122 valence electrons. The average Bonchev–Trinajstić information content (AvgIpc) is 2.35. The zero-order valence-electron chi connectivity index (χ0n) is 9.83. The number of rotatable bonds is 2. The largest absolute Gasteiger partial charge is 0.459 e. The van der Waals surface area contributed by atoms with E-state index in [9.17, 15) is 43.9 Å². The summed E-state index contributed by atoms with van der Waals surface area (Å²) in [6.07, 6.45) is -12.9. The topological polar surface area (TPSA) is 36.7 Å². The Kier molecular flexibility index (Phi) is 4.08. The van der Waals surface area contributed by atoms with Crippen molar-refractivity contribution in [2.45, 2.75) is 24.2 Å². The van der Waals surface area contributed by atoms with Gasteiger partial charge in [-0.25, -0.2) is 0 Å². The first-order valence-electron chi connectivity index (χ1n) is 4.96. The molecule has 12 heteroatoms. The Morgan fingerprint density at radius 2 is 1.27 bits per heavy atom. The van der Waals surface area contributed by atoms with Crippen LogP contribution in [0.2, 0.25) is 0 Å². The van der Waals surface area contributed by atoms with E-state index in [0.29, 0.717) is 0 Å². The van der Waals surface area contributed by atoms with Crippen LogP contribution in [-0.4, -0.2) is 17.3 Å². The SMILES string of the molecule is N#Cc1cnc(C(F)(F)C(F)(F)F)c(C(F)(F)C(F)(F)F)c1. The maximum absolute atomic E-state index is 13.2. The molecule has 0 fully saturated rings. The van der Waals surface area contributed by atoms with E-state index in [1.165, 1.54) is 0 Å². The molecule has 0 aliphatic rings. The van der Waals surface area contributed by atoms with E-state index >= 15 is 0 Å². The molecule has 0 radical (unpaired) electrons. The molecule has 0 amide bonds. The second-order valence-electron chi connectivity index (χ2n) is 3.88. The van der Waals surface area contributed by atoms with Gasteiger partial charge in [0.25, 0.3) is 0 Å². The van der Waals surface area contributed by atoms with Gasteiger partial charge in [-0.05, 0) is 6.07 Å². The van der Waals surface area contributed by atoms with Crippen LogP contribution in [0, 0.1) is 11.3 Å². The van der Waals surface area contributed by atoms with Crippen LogP contribution in [0.1, 0.15) is 16.8 Å². The zero-order valence-corrected chi connectivity index (χ0v) is 9.83. The van der Waals surface area contributed by atoms with Gasteiger partial charge in [0.15, 0.2) is 0 Å². The van der Waals surface area contributed by atoms with Crippen molar-refractivity contribution >= 4 is 0 Å². The normalized spacial score (nSPS) is 13.9. The van der Waals surface area contributed by atoms with Crippen molar-refractivity contribution < 1.29 is 43.9 Å². The summed E-state index contributed by atoms with van der Waals surface area (Å²) >= 11 is 0. The Balaban J connectivity index is 3.74. The van der Waals surface area contributed by atoms with Crippen molar-refractivity contribution in [1.82, 2.24) is 4.98 Å². The Morgan fingerprint density at radius 3 is 1.64 bits per heavy atom. The van der Waals surface area contributed by atoms with Gasteiger partial charge >= 0.3 is 24.2 Å². The van der Waals surface area contributed by atoms with E-state index in [-0.39, 0.29) is 6.20 Å². The van der Waals surface area contributed by atoms with Gasteiger partial charge < -0.3 is 0 Å². The molecule has 1 rings (SSSR count). The molecule has 0 aliphatic heterocycles. The summed E-state index contributed by atoms with van der Waals surface area (Å²) in [5, 5.41) is 8.36. The van der Waals surface area contributed by atoms with Crippen LogP contribution in [0.3, 0.4) is 0 Å². The zero-order chi connectivity index (χ0) is 17.6. The van der Waals surface area contributed by atoms with Crippen LogP contribution >= 0.6 is 0 Å². The Labute approximate surface area is 115 Å². The summed E-state index contributed by atoms with van der Waals surface area (Å²) < 4.78 is 126. The summed E-state index contributed by atoms with van der Waals surface area (Å²) in [7, 11) is 0. The highest BCUT2D eigenvalue weighted by molar-refractivity contribution is 5.38. The lowest BCUT2D eigenvalue weighted by atomic mass is 10.00. The smallest absolute Gasteiger partial charge is 0.253 e. The first-order valence-corrected chi connectivity index (χ1v) is 4.96. The second-order valence-corrected chi connectivity index (χ2v) is 3.88. The van der Waals surface area contributed by atoms with Crippen LogP contribution in [0.5, 0.6) is 0 Å². The van der Waals surface area contributed by atoms with E-state index in [1.54, 1.807) is 0 Å². The van der Waals surface area contributed by atoms with Gasteiger partial charge in [-0.3, -0.25) is 4.98 Å². The number of halogens is 10. The number of hydrogen-bond donors (Lipinski definition) is 0. The quantitative estimate of drug-likeness (QED) is 0.755. The van der Waals surface area contributed by atoms with Crippen molar-refractivity contribution in [3.8, 4) is 6.07 Å². The summed E-state index contributed by atoms with van der Waals surface area (Å²) in [4.78, 5) is 2.29. The lowest BCUT2D eigenvalue weighted by molar-refractivity contribution is -0.303. The fourth-order valence-electron chi connectivity index (χ4n) is 1.30. The number of nitriles is 1. The van der Waals surface area contributed by atoms with E-state index < -0.39 is 47.1 Å². The second kappa shape index (κ2) is 4.99. The van der Waals surface area contributed by atoms with Crippen LogP contribution in [-0.2, 0) is 11.8 Å². The number of nitrogens with zero attached hydrogens (tertiary/aromatic N) is 2. The molecule has 0 aliphatic carbocycles.